The van der Waals surface area contributed by atoms with Gasteiger partial charge in [-0.3, -0.25) is 4.72 Å². The summed E-state index contributed by atoms with van der Waals surface area (Å²) in [6, 6.07) is 19.5. The van der Waals surface area contributed by atoms with E-state index in [0.717, 1.165) is 28.4 Å². The standard InChI is InChI=1S/C25H28N4O3S/c1-4-29-23-8-6-5-7-21(23)22-15-19(11-14-24(22)29)28-33(31,32)20-12-9-18(10-13-20)27-25(30)26-16-17(2)3/h5-15,17,28H,4,16H2,1-3H3,(H2,26,27,30). The number of hydrogen-bond acceptors (Lipinski definition) is 3. The van der Waals surface area contributed by atoms with Crippen LogP contribution in [0.4, 0.5) is 16.2 Å². The van der Waals surface area contributed by atoms with E-state index in [1.54, 1.807) is 18.2 Å². The molecule has 2 amide bonds. The molecule has 0 spiro atoms. The van der Waals surface area contributed by atoms with Crippen molar-refractivity contribution < 1.29 is 13.2 Å². The van der Waals surface area contributed by atoms with Gasteiger partial charge in [0.1, 0.15) is 0 Å². The highest BCUT2D eigenvalue weighted by atomic mass is 32.2. The number of aryl methyl sites for hydroxylation is 1. The molecule has 0 aliphatic heterocycles. The summed E-state index contributed by atoms with van der Waals surface area (Å²) in [5.41, 5.74) is 3.20. The van der Waals surface area contributed by atoms with E-state index in [4.69, 9.17) is 0 Å². The minimum absolute atomic E-state index is 0.117. The summed E-state index contributed by atoms with van der Waals surface area (Å²) in [6.07, 6.45) is 0. The molecule has 0 saturated heterocycles. The van der Waals surface area contributed by atoms with E-state index in [2.05, 4.69) is 32.9 Å². The maximum absolute atomic E-state index is 13.0. The van der Waals surface area contributed by atoms with E-state index in [1.165, 1.54) is 12.1 Å². The lowest BCUT2D eigenvalue weighted by molar-refractivity contribution is 0.251. The highest BCUT2D eigenvalue weighted by Gasteiger charge is 2.16. The number of benzene rings is 3. The average Bonchev–Trinajstić information content (AvgIpc) is 3.11. The van der Waals surface area contributed by atoms with Crippen molar-refractivity contribution in [2.45, 2.75) is 32.2 Å². The van der Waals surface area contributed by atoms with E-state index >= 15 is 0 Å². The lowest BCUT2D eigenvalue weighted by atomic mass is 10.1. The van der Waals surface area contributed by atoms with Gasteiger partial charge in [0.05, 0.1) is 4.90 Å². The Hall–Kier alpha value is -3.52. The number of fused-ring (bicyclic) bond motifs is 3. The molecule has 172 valence electrons. The molecule has 4 aromatic rings. The van der Waals surface area contributed by atoms with E-state index in [1.807, 2.05) is 44.2 Å². The average molecular weight is 465 g/mol. The normalized spacial score (nSPS) is 11.8. The van der Waals surface area contributed by atoms with E-state index < -0.39 is 10.0 Å². The van der Waals surface area contributed by atoms with Crippen molar-refractivity contribution in [1.29, 1.82) is 0 Å². The van der Waals surface area contributed by atoms with E-state index in [9.17, 15) is 13.2 Å². The zero-order valence-corrected chi connectivity index (χ0v) is 19.7. The predicted molar refractivity (Wildman–Crippen MR) is 134 cm³/mol. The van der Waals surface area contributed by atoms with Crippen LogP contribution >= 0.6 is 0 Å². The van der Waals surface area contributed by atoms with Gasteiger partial charge < -0.3 is 15.2 Å². The molecule has 0 bridgehead atoms. The number of para-hydroxylation sites is 1. The van der Waals surface area contributed by atoms with Crippen molar-refractivity contribution in [1.82, 2.24) is 9.88 Å². The molecule has 0 saturated carbocycles. The Bertz CT molecular complexity index is 1410. The van der Waals surface area contributed by atoms with Crippen LogP contribution in [0.2, 0.25) is 0 Å². The Morgan fingerprint density at radius 1 is 0.909 bits per heavy atom. The third kappa shape index (κ3) is 4.80. The van der Waals surface area contributed by atoms with Crippen LogP contribution in [0.15, 0.2) is 71.6 Å². The minimum atomic E-state index is -3.79. The molecule has 1 aromatic heterocycles. The SMILES string of the molecule is CCn1c2ccccc2c2cc(NS(=O)(=O)c3ccc(NC(=O)NCC(C)C)cc3)ccc21. The molecule has 8 heteroatoms. The second-order valence-corrected chi connectivity index (χ2v) is 10.0. The molecule has 0 aliphatic rings. The number of nitrogens with one attached hydrogen (secondary N) is 3. The molecule has 0 atom stereocenters. The topological polar surface area (TPSA) is 92.2 Å². The molecule has 0 radical (unpaired) electrons. The van der Waals surface area contributed by atoms with Crippen molar-refractivity contribution in [3.8, 4) is 0 Å². The van der Waals surface area contributed by atoms with Crippen molar-refractivity contribution in [3.63, 3.8) is 0 Å². The van der Waals surface area contributed by atoms with Gasteiger partial charge in [0.15, 0.2) is 0 Å². The number of carbonyl (C=O) groups is 1. The Kier molecular flexibility index (Phi) is 6.29. The highest BCUT2D eigenvalue weighted by molar-refractivity contribution is 7.92. The van der Waals surface area contributed by atoms with Crippen molar-refractivity contribution >= 4 is 49.2 Å². The van der Waals surface area contributed by atoms with Crippen LogP contribution in [0.5, 0.6) is 0 Å². The summed E-state index contributed by atoms with van der Waals surface area (Å²) in [6.45, 7) is 7.49. The van der Waals surface area contributed by atoms with Crippen molar-refractivity contribution in [3.05, 3.63) is 66.7 Å². The summed E-state index contributed by atoms with van der Waals surface area (Å²) >= 11 is 0. The summed E-state index contributed by atoms with van der Waals surface area (Å²) in [7, 11) is -3.79. The number of amides is 2. The Labute approximate surface area is 193 Å². The van der Waals surface area contributed by atoms with Crippen molar-refractivity contribution in [2.24, 2.45) is 5.92 Å². The van der Waals surface area contributed by atoms with Crippen LogP contribution in [0.1, 0.15) is 20.8 Å². The first-order chi connectivity index (χ1) is 15.8. The number of anilines is 2. The van der Waals surface area contributed by atoms with Gasteiger partial charge in [-0.15, -0.1) is 0 Å². The lowest BCUT2D eigenvalue weighted by Gasteiger charge is -2.11. The Morgan fingerprint density at radius 2 is 1.58 bits per heavy atom. The lowest BCUT2D eigenvalue weighted by Crippen LogP contribution is -2.31. The largest absolute Gasteiger partial charge is 0.341 e. The molecule has 3 aromatic carbocycles. The fourth-order valence-corrected chi connectivity index (χ4v) is 4.91. The number of nitrogens with zero attached hydrogens (tertiary/aromatic N) is 1. The number of aromatic nitrogens is 1. The molecule has 3 N–H and O–H groups in total. The summed E-state index contributed by atoms with van der Waals surface area (Å²) in [5.74, 6) is 0.340. The van der Waals surface area contributed by atoms with Crippen LogP contribution in [-0.2, 0) is 16.6 Å². The molecule has 33 heavy (non-hydrogen) atoms. The van der Waals surface area contributed by atoms with Gasteiger partial charge in [-0.2, -0.15) is 0 Å². The monoisotopic (exact) mass is 464 g/mol. The van der Waals surface area contributed by atoms with Gasteiger partial charge in [0.2, 0.25) is 0 Å². The smallest absolute Gasteiger partial charge is 0.319 e. The van der Waals surface area contributed by atoms with Crippen molar-refractivity contribution in [2.75, 3.05) is 16.6 Å². The zero-order chi connectivity index (χ0) is 23.6. The van der Waals surface area contributed by atoms with Crippen LogP contribution in [-0.4, -0.2) is 25.6 Å². The number of rotatable bonds is 7. The third-order valence-corrected chi connectivity index (χ3v) is 6.83. The molecular weight excluding hydrogens is 436 g/mol. The first-order valence-electron chi connectivity index (χ1n) is 11.0. The van der Waals surface area contributed by atoms with Crippen LogP contribution in [0.3, 0.4) is 0 Å². The maximum Gasteiger partial charge on any atom is 0.319 e. The molecule has 1 heterocycles. The van der Waals surface area contributed by atoms with Crippen LogP contribution < -0.4 is 15.4 Å². The molecule has 0 unspecified atom stereocenters. The van der Waals surface area contributed by atoms with Gasteiger partial charge in [0.25, 0.3) is 10.0 Å². The molecule has 7 nitrogen and oxygen atoms in total. The quantitative estimate of drug-likeness (QED) is 0.342. The number of urea groups is 1. The molecule has 4 rings (SSSR count). The zero-order valence-electron chi connectivity index (χ0n) is 18.9. The van der Waals surface area contributed by atoms with Gasteiger partial charge in [-0.1, -0.05) is 32.0 Å². The maximum atomic E-state index is 13.0. The molecule has 0 fully saturated rings. The first-order valence-corrected chi connectivity index (χ1v) is 12.5. The second kappa shape index (κ2) is 9.15. The van der Waals surface area contributed by atoms with E-state index in [-0.39, 0.29) is 10.9 Å². The predicted octanol–water partition coefficient (Wildman–Crippen LogP) is 5.39. The van der Waals surface area contributed by atoms with Gasteiger partial charge >= 0.3 is 6.03 Å². The summed E-state index contributed by atoms with van der Waals surface area (Å²) in [5, 5.41) is 7.55. The Morgan fingerprint density at radius 3 is 2.27 bits per heavy atom. The van der Waals surface area contributed by atoms with Crippen LogP contribution in [0.25, 0.3) is 21.8 Å². The van der Waals surface area contributed by atoms with Crippen LogP contribution in [0, 0.1) is 5.92 Å². The molecular formula is C25H28N4O3S. The molecule has 0 aliphatic carbocycles. The number of sulfonamides is 1. The minimum Gasteiger partial charge on any atom is -0.341 e. The fraction of sp³-hybridized carbons (Fsp3) is 0.240. The van der Waals surface area contributed by atoms with Gasteiger partial charge in [0, 0.05) is 46.3 Å². The van der Waals surface area contributed by atoms with Gasteiger partial charge in [-0.25, -0.2) is 13.2 Å². The van der Waals surface area contributed by atoms with E-state index in [0.29, 0.717) is 23.8 Å². The number of hydrogen-bond donors (Lipinski definition) is 3. The Balaban J connectivity index is 1.55. The fourth-order valence-electron chi connectivity index (χ4n) is 3.86. The van der Waals surface area contributed by atoms with Gasteiger partial charge in [-0.05, 0) is 61.4 Å². The summed E-state index contributed by atoms with van der Waals surface area (Å²) < 4.78 is 30.8. The second-order valence-electron chi connectivity index (χ2n) is 8.35. The highest BCUT2D eigenvalue weighted by Crippen LogP contribution is 2.31. The third-order valence-electron chi connectivity index (χ3n) is 5.43. The summed E-state index contributed by atoms with van der Waals surface area (Å²) in [4.78, 5) is 12.0. The first kappa shape index (κ1) is 22.7. The number of carbonyl (C=O) groups excluding carboxylic acids is 1.